The van der Waals surface area contributed by atoms with E-state index in [1.807, 2.05) is 59.0 Å². The van der Waals surface area contributed by atoms with E-state index < -0.39 is 0 Å². The largest absolute Gasteiger partial charge is 0.262 e. The summed E-state index contributed by atoms with van der Waals surface area (Å²) in [5.74, 6) is 0.976. The molecule has 0 bridgehead atoms. The molecule has 0 fully saturated rings. The van der Waals surface area contributed by atoms with Crippen molar-refractivity contribution in [2.45, 2.75) is 71.3 Å². The van der Waals surface area contributed by atoms with Gasteiger partial charge in [-0.1, -0.05) is 91.0 Å². The summed E-state index contributed by atoms with van der Waals surface area (Å²) in [6.45, 7) is 7.39. The van der Waals surface area contributed by atoms with Crippen LogP contribution in [0.5, 0.6) is 0 Å². The molecule has 7 nitrogen and oxygen atoms in total. The predicted molar refractivity (Wildman–Crippen MR) is 179 cm³/mol. The molecule has 3 aromatic carbocycles. The summed E-state index contributed by atoms with van der Waals surface area (Å²) >= 11 is 0. The Morgan fingerprint density at radius 2 is 1.44 bits per heavy atom. The first-order valence-corrected chi connectivity index (χ1v) is 16.0. The summed E-state index contributed by atoms with van der Waals surface area (Å²) < 4.78 is 3.78. The Morgan fingerprint density at radius 3 is 2.20 bits per heavy atom. The molecule has 0 aliphatic heterocycles. The lowest BCUT2D eigenvalue weighted by Crippen LogP contribution is -2.05. The van der Waals surface area contributed by atoms with Crippen LogP contribution in [-0.2, 0) is 25.8 Å². The molecule has 0 saturated heterocycles. The molecular weight excluding hydrogens is 554 g/mol. The van der Waals surface area contributed by atoms with E-state index >= 15 is 0 Å². The second kappa shape index (κ2) is 14.2. The first kappa shape index (κ1) is 30.1. The van der Waals surface area contributed by atoms with Crippen molar-refractivity contribution in [3.05, 3.63) is 154 Å². The minimum atomic E-state index is 0.465. The number of aryl methyl sites for hydroxylation is 3. The van der Waals surface area contributed by atoms with E-state index in [4.69, 9.17) is 0 Å². The van der Waals surface area contributed by atoms with E-state index in [0.717, 1.165) is 61.4 Å². The highest BCUT2D eigenvalue weighted by Crippen LogP contribution is 2.32. The lowest BCUT2D eigenvalue weighted by molar-refractivity contribution is 0.544. The van der Waals surface area contributed by atoms with Crippen molar-refractivity contribution in [3.8, 4) is 5.69 Å². The fourth-order valence-corrected chi connectivity index (χ4v) is 6.01. The SMILES string of the molecule is CCC(CC(C)c1ccc(Cc2cn(-c3ccccc3)nn2)cc1)c1ccc(Cn2cc(CCc3ccnc(C)c3)nn2)cc1. The predicted octanol–water partition coefficient (Wildman–Crippen LogP) is 7.67. The minimum absolute atomic E-state index is 0.465. The van der Waals surface area contributed by atoms with Crippen LogP contribution in [0.4, 0.5) is 0 Å². The van der Waals surface area contributed by atoms with E-state index in [1.54, 1.807) is 0 Å². The Labute approximate surface area is 266 Å². The number of pyridine rings is 1. The van der Waals surface area contributed by atoms with Crippen molar-refractivity contribution in [2.75, 3.05) is 0 Å². The van der Waals surface area contributed by atoms with E-state index in [1.165, 1.54) is 27.8 Å². The molecule has 7 heteroatoms. The second-order valence-corrected chi connectivity index (χ2v) is 12.1. The first-order chi connectivity index (χ1) is 22.0. The van der Waals surface area contributed by atoms with E-state index in [-0.39, 0.29) is 0 Å². The van der Waals surface area contributed by atoms with E-state index in [2.05, 4.69) is 106 Å². The summed E-state index contributed by atoms with van der Waals surface area (Å²) in [6, 6.07) is 32.4. The fraction of sp³-hybridized carbons (Fsp3) is 0.289. The molecule has 0 aliphatic carbocycles. The molecule has 0 spiro atoms. The van der Waals surface area contributed by atoms with Gasteiger partial charge in [-0.2, -0.15) is 0 Å². The van der Waals surface area contributed by atoms with E-state index in [9.17, 15) is 0 Å². The molecule has 2 atom stereocenters. The minimum Gasteiger partial charge on any atom is -0.262 e. The summed E-state index contributed by atoms with van der Waals surface area (Å²) in [6.07, 6.45) is 10.8. The van der Waals surface area contributed by atoms with Crippen LogP contribution in [0.2, 0.25) is 0 Å². The van der Waals surface area contributed by atoms with Crippen molar-refractivity contribution in [2.24, 2.45) is 0 Å². The van der Waals surface area contributed by atoms with Gasteiger partial charge in [0, 0.05) is 24.5 Å². The van der Waals surface area contributed by atoms with Gasteiger partial charge in [0.1, 0.15) is 0 Å². The molecule has 0 amide bonds. The lowest BCUT2D eigenvalue weighted by atomic mass is 9.84. The van der Waals surface area contributed by atoms with Crippen molar-refractivity contribution in [3.63, 3.8) is 0 Å². The Kier molecular flexibility index (Phi) is 9.54. The van der Waals surface area contributed by atoms with Gasteiger partial charge in [0.25, 0.3) is 0 Å². The molecule has 3 aromatic heterocycles. The number of benzene rings is 3. The molecule has 2 unspecified atom stereocenters. The molecule has 0 saturated carbocycles. The molecule has 6 rings (SSSR count). The van der Waals surface area contributed by atoms with Crippen molar-refractivity contribution >= 4 is 0 Å². The van der Waals surface area contributed by atoms with Crippen molar-refractivity contribution in [1.29, 1.82) is 0 Å². The molecule has 6 aromatic rings. The maximum atomic E-state index is 4.40. The van der Waals surface area contributed by atoms with Crippen LogP contribution in [0.1, 0.15) is 83.4 Å². The smallest absolute Gasteiger partial charge is 0.0875 e. The summed E-state index contributed by atoms with van der Waals surface area (Å²) in [7, 11) is 0. The van der Waals surface area contributed by atoms with Crippen LogP contribution in [0.3, 0.4) is 0 Å². The van der Waals surface area contributed by atoms with Gasteiger partial charge in [0.15, 0.2) is 0 Å². The van der Waals surface area contributed by atoms with Gasteiger partial charge in [-0.05, 0) is 96.5 Å². The van der Waals surface area contributed by atoms with Crippen LogP contribution < -0.4 is 0 Å². The van der Waals surface area contributed by atoms with Crippen LogP contribution in [-0.4, -0.2) is 35.0 Å². The molecule has 3 heterocycles. The zero-order valence-corrected chi connectivity index (χ0v) is 26.4. The molecule has 228 valence electrons. The average molecular weight is 596 g/mol. The van der Waals surface area contributed by atoms with Crippen molar-refractivity contribution in [1.82, 2.24) is 35.0 Å². The molecular formula is C38H41N7. The number of hydrogen-bond acceptors (Lipinski definition) is 5. The highest BCUT2D eigenvalue weighted by Gasteiger charge is 2.16. The zero-order chi connectivity index (χ0) is 31.0. The Balaban J connectivity index is 1.01. The topological polar surface area (TPSA) is 74.3 Å². The normalized spacial score (nSPS) is 12.7. The molecule has 0 radical (unpaired) electrons. The van der Waals surface area contributed by atoms with Gasteiger partial charge in [-0.25, -0.2) is 9.36 Å². The highest BCUT2D eigenvalue weighted by atomic mass is 15.4. The van der Waals surface area contributed by atoms with Crippen molar-refractivity contribution < 1.29 is 0 Å². The van der Waals surface area contributed by atoms with Gasteiger partial charge >= 0.3 is 0 Å². The van der Waals surface area contributed by atoms with Gasteiger partial charge in [-0.15, -0.1) is 10.2 Å². The zero-order valence-electron chi connectivity index (χ0n) is 26.4. The van der Waals surface area contributed by atoms with Crippen LogP contribution in [0.15, 0.2) is 110 Å². The first-order valence-electron chi connectivity index (χ1n) is 16.0. The summed E-state index contributed by atoms with van der Waals surface area (Å²) in [5, 5.41) is 17.5. The van der Waals surface area contributed by atoms with Gasteiger partial charge in [-0.3, -0.25) is 4.98 Å². The van der Waals surface area contributed by atoms with Crippen LogP contribution in [0.25, 0.3) is 5.69 Å². The third kappa shape index (κ3) is 7.98. The molecule has 0 aliphatic rings. The van der Waals surface area contributed by atoms with Gasteiger partial charge in [0.2, 0.25) is 0 Å². The van der Waals surface area contributed by atoms with E-state index in [0.29, 0.717) is 11.8 Å². The number of para-hydroxylation sites is 1. The lowest BCUT2D eigenvalue weighted by Gasteiger charge is -2.21. The maximum Gasteiger partial charge on any atom is 0.0875 e. The fourth-order valence-electron chi connectivity index (χ4n) is 6.01. The Morgan fingerprint density at radius 1 is 0.711 bits per heavy atom. The summed E-state index contributed by atoms with van der Waals surface area (Å²) in [4.78, 5) is 4.28. The Hall–Kier alpha value is -4.91. The third-order valence-electron chi connectivity index (χ3n) is 8.64. The van der Waals surface area contributed by atoms with Gasteiger partial charge in [0.05, 0.1) is 29.8 Å². The Bertz CT molecular complexity index is 1790. The van der Waals surface area contributed by atoms with Crippen LogP contribution in [0, 0.1) is 6.92 Å². The number of aromatic nitrogens is 7. The highest BCUT2D eigenvalue weighted by molar-refractivity contribution is 5.32. The molecule has 0 N–H and O–H groups in total. The third-order valence-corrected chi connectivity index (χ3v) is 8.64. The quantitative estimate of drug-likeness (QED) is 0.137. The average Bonchev–Trinajstić information content (AvgIpc) is 3.73. The standard InChI is InChI=1S/C38H41N7/c1-4-33(22-28(2)34-15-10-30(11-16-34)24-37-27-45(43-41-37)38-8-6-5-7-9-38)35-17-12-32(13-18-35)25-44-26-36(40-42-44)19-14-31-20-21-39-29(3)23-31/h5-13,15-18,20-21,23,26-28,33H,4,14,19,22,24-25H2,1-3H3. The monoisotopic (exact) mass is 595 g/mol. The maximum absolute atomic E-state index is 4.40. The number of rotatable bonds is 13. The number of hydrogen-bond donors (Lipinski definition) is 0. The summed E-state index contributed by atoms with van der Waals surface area (Å²) in [5.41, 5.74) is 10.6. The van der Waals surface area contributed by atoms with Gasteiger partial charge < -0.3 is 0 Å². The van der Waals surface area contributed by atoms with Crippen LogP contribution >= 0.6 is 0 Å². The molecule has 45 heavy (non-hydrogen) atoms. The second-order valence-electron chi connectivity index (χ2n) is 12.1. The number of nitrogens with zero attached hydrogens (tertiary/aromatic N) is 7.